The van der Waals surface area contributed by atoms with E-state index in [1.165, 1.54) is 15.8 Å². The van der Waals surface area contributed by atoms with Crippen LogP contribution in [0.2, 0.25) is 0 Å². The summed E-state index contributed by atoms with van der Waals surface area (Å²) >= 11 is 0. The molecule has 1 aromatic heterocycles. The number of hydrogen-bond acceptors (Lipinski definition) is 2. The number of rotatable bonds is 3. The quantitative estimate of drug-likeness (QED) is 0.902. The van der Waals surface area contributed by atoms with Crippen LogP contribution in [0.15, 0.2) is 24.4 Å². The van der Waals surface area contributed by atoms with E-state index in [-0.39, 0.29) is 6.54 Å². The Balaban J connectivity index is 2.42. The molecule has 0 unspecified atom stereocenters. The lowest BCUT2D eigenvalue weighted by Crippen LogP contribution is -2.11. The maximum absolute atomic E-state index is 10.7. The van der Waals surface area contributed by atoms with E-state index in [9.17, 15) is 4.79 Å². The van der Waals surface area contributed by atoms with Crippen molar-refractivity contribution in [3.8, 4) is 11.1 Å². The van der Waals surface area contributed by atoms with Gasteiger partial charge in [-0.2, -0.15) is 5.10 Å². The summed E-state index contributed by atoms with van der Waals surface area (Å²) in [4.78, 5) is 10.7. The van der Waals surface area contributed by atoms with Crippen LogP contribution in [0.4, 0.5) is 0 Å². The topological polar surface area (TPSA) is 55.1 Å². The second kappa shape index (κ2) is 4.64. The summed E-state index contributed by atoms with van der Waals surface area (Å²) in [6.45, 7) is 5.92. The maximum Gasteiger partial charge on any atom is 0.325 e. The lowest BCUT2D eigenvalue weighted by atomic mass is 10.0. The van der Waals surface area contributed by atoms with E-state index >= 15 is 0 Å². The van der Waals surface area contributed by atoms with Gasteiger partial charge in [0.2, 0.25) is 0 Å². The molecule has 0 spiro atoms. The second-order valence-corrected chi connectivity index (χ2v) is 4.49. The van der Waals surface area contributed by atoms with Gasteiger partial charge in [0, 0.05) is 11.3 Å². The Morgan fingerprint density at radius 3 is 2.61 bits per heavy atom. The highest BCUT2D eigenvalue weighted by Crippen LogP contribution is 2.25. The first-order valence-corrected chi connectivity index (χ1v) is 5.81. The molecule has 0 aliphatic heterocycles. The van der Waals surface area contributed by atoms with Crippen molar-refractivity contribution in [2.24, 2.45) is 0 Å². The Bertz CT molecular complexity index is 600. The van der Waals surface area contributed by atoms with E-state index in [2.05, 4.69) is 31.1 Å². The number of aliphatic carboxylic acids is 1. The Morgan fingerprint density at radius 1 is 1.28 bits per heavy atom. The molecule has 1 heterocycles. The van der Waals surface area contributed by atoms with Gasteiger partial charge < -0.3 is 5.11 Å². The summed E-state index contributed by atoms with van der Waals surface area (Å²) in [6.07, 6.45) is 1.72. The number of aryl methyl sites for hydroxylation is 2. The molecule has 0 saturated heterocycles. The molecule has 2 aromatic rings. The maximum atomic E-state index is 10.7. The number of carbonyl (C=O) groups is 1. The average Bonchev–Trinajstić information content (AvgIpc) is 2.64. The van der Waals surface area contributed by atoms with Gasteiger partial charge in [-0.3, -0.25) is 9.48 Å². The normalized spacial score (nSPS) is 10.6. The van der Waals surface area contributed by atoms with Crippen LogP contribution in [0, 0.1) is 20.8 Å². The van der Waals surface area contributed by atoms with Gasteiger partial charge in [0.15, 0.2) is 0 Å². The Hall–Kier alpha value is -2.10. The zero-order valence-corrected chi connectivity index (χ0v) is 10.8. The number of carboxylic acids is 1. The van der Waals surface area contributed by atoms with Crippen molar-refractivity contribution in [3.05, 3.63) is 41.2 Å². The fourth-order valence-electron chi connectivity index (χ4n) is 1.93. The third-order valence-electron chi connectivity index (χ3n) is 3.21. The van der Waals surface area contributed by atoms with Crippen molar-refractivity contribution >= 4 is 5.97 Å². The van der Waals surface area contributed by atoms with Crippen molar-refractivity contribution in [1.29, 1.82) is 0 Å². The van der Waals surface area contributed by atoms with Crippen LogP contribution < -0.4 is 0 Å². The van der Waals surface area contributed by atoms with E-state index in [0.717, 1.165) is 16.8 Å². The molecule has 0 bridgehead atoms. The molecular weight excluding hydrogens is 228 g/mol. The molecule has 4 nitrogen and oxygen atoms in total. The molecule has 0 atom stereocenters. The summed E-state index contributed by atoms with van der Waals surface area (Å²) in [5.41, 5.74) is 5.40. The van der Waals surface area contributed by atoms with Crippen LogP contribution in [0.25, 0.3) is 11.1 Å². The van der Waals surface area contributed by atoms with Crippen molar-refractivity contribution in [3.63, 3.8) is 0 Å². The number of nitrogens with zero attached hydrogens (tertiary/aromatic N) is 2. The summed E-state index contributed by atoms with van der Waals surface area (Å²) in [6, 6.07) is 6.21. The Kier molecular flexibility index (Phi) is 3.19. The monoisotopic (exact) mass is 244 g/mol. The SMILES string of the molecule is Cc1ccc(-c2cnn(CC(=O)O)c2C)cc1C. The fraction of sp³-hybridized carbons (Fsp3) is 0.286. The number of carboxylic acid groups (broad SMARTS) is 1. The van der Waals surface area contributed by atoms with Gasteiger partial charge >= 0.3 is 5.97 Å². The molecule has 0 radical (unpaired) electrons. The van der Waals surface area contributed by atoms with E-state index in [1.807, 2.05) is 13.0 Å². The van der Waals surface area contributed by atoms with Gasteiger partial charge in [-0.1, -0.05) is 18.2 Å². The fourth-order valence-corrected chi connectivity index (χ4v) is 1.93. The lowest BCUT2D eigenvalue weighted by molar-refractivity contribution is -0.137. The predicted molar refractivity (Wildman–Crippen MR) is 69.5 cm³/mol. The molecule has 0 aliphatic rings. The van der Waals surface area contributed by atoms with Gasteiger partial charge in [0.05, 0.1) is 6.20 Å². The van der Waals surface area contributed by atoms with Gasteiger partial charge in [-0.25, -0.2) is 0 Å². The van der Waals surface area contributed by atoms with Gasteiger partial charge in [0.25, 0.3) is 0 Å². The van der Waals surface area contributed by atoms with Crippen molar-refractivity contribution in [2.75, 3.05) is 0 Å². The van der Waals surface area contributed by atoms with Gasteiger partial charge in [0.1, 0.15) is 6.54 Å². The lowest BCUT2D eigenvalue weighted by Gasteiger charge is -2.05. The average molecular weight is 244 g/mol. The van der Waals surface area contributed by atoms with Crippen molar-refractivity contribution in [2.45, 2.75) is 27.3 Å². The minimum atomic E-state index is -0.882. The molecule has 2 rings (SSSR count). The van der Waals surface area contributed by atoms with Gasteiger partial charge in [-0.15, -0.1) is 0 Å². The summed E-state index contributed by atoms with van der Waals surface area (Å²) in [5.74, 6) is -0.882. The first kappa shape index (κ1) is 12.4. The zero-order valence-electron chi connectivity index (χ0n) is 10.8. The van der Waals surface area contributed by atoms with Crippen LogP contribution in [0.3, 0.4) is 0 Å². The van der Waals surface area contributed by atoms with Crippen LogP contribution >= 0.6 is 0 Å². The summed E-state index contributed by atoms with van der Waals surface area (Å²) < 4.78 is 1.51. The minimum Gasteiger partial charge on any atom is -0.480 e. The first-order valence-electron chi connectivity index (χ1n) is 5.81. The summed E-state index contributed by atoms with van der Waals surface area (Å²) in [5, 5.41) is 12.9. The van der Waals surface area contributed by atoms with Crippen molar-refractivity contribution < 1.29 is 9.90 Å². The number of hydrogen-bond donors (Lipinski definition) is 1. The molecule has 1 aromatic carbocycles. The van der Waals surface area contributed by atoms with E-state index in [0.29, 0.717) is 0 Å². The molecular formula is C14H16N2O2. The van der Waals surface area contributed by atoms with Crippen LogP contribution in [0.1, 0.15) is 16.8 Å². The Morgan fingerprint density at radius 2 is 2.00 bits per heavy atom. The van der Waals surface area contributed by atoms with Crippen LogP contribution in [-0.4, -0.2) is 20.9 Å². The molecule has 0 fully saturated rings. The van der Waals surface area contributed by atoms with E-state index < -0.39 is 5.97 Å². The van der Waals surface area contributed by atoms with E-state index in [1.54, 1.807) is 6.20 Å². The standard InChI is InChI=1S/C14H16N2O2/c1-9-4-5-12(6-10(9)2)13-7-15-16(11(13)3)8-14(17)18/h4-7H,8H2,1-3H3,(H,17,18). The molecule has 4 heteroatoms. The highest BCUT2D eigenvalue weighted by atomic mass is 16.4. The number of aromatic nitrogens is 2. The molecule has 94 valence electrons. The highest BCUT2D eigenvalue weighted by molar-refractivity contribution is 5.69. The van der Waals surface area contributed by atoms with Crippen LogP contribution in [0.5, 0.6) is 0 Å². The van der Waals surface area contributed by atoms with Crippen LogP contribution in [-0.2, 0) is 11.3 Å². The third-order valence-corrected chi connectivity index (χ3v) is 3.21. The molecule has 0 amide bonds. The zero-order chi connectivity index (χ0) is 13.3. The van der Waals surface area contributed by atoms with E-state index in [4.69, 9.17) is 5.11 Å². The van der Waals surface area contributed by atoms with Gasteiger partial charge in [-0.05, 0) is 37.5 Å². The molecule has 0 aliphatic carbocycles. The second-order valence-electron chi connectivity index (χ2n) is 4.49. The third kappa shape index (κ3) is 2.27. The largest absolute Gasteiger partial charge is 0.480 e. The first-order chi connectivity index (χ1) is 8.49. The Labute approximate surface area is 106 Å². The molecule has 1 N–H and O–H groups in total. The number of benzene rings is 1. The molecule has 0 saturated carbocycles. The predicted octanol–water partition coefficient (Wildman–Crippen LogP) is 2.56. The summed E-state index contributed by atoms with van der Waals surface area (Å²) in [7, 11) is 0. The van der Waals surface area contributed by atoms with Crippen molar-refractivity contribution in [1.82, 2.24) is 9.78 Å². The smallest absolute Gasteiger partial charge is 0.325 e. The minimum absolute atomic E-state index is 0.101. The highest BCUT2D eigenvalue weighted by Gasteiger charge is 2.11. The molecule has 18 heavy (non-hydrogen) atoms.